The molecule has 0 atom stereocenters. The van der Waals surface area contributed by atoms with Crippen molar-refractivity contribution in [2.24, 2.45) is 0 Å². The van der Waals surface area contributed by atoms with Crippen LogP contribution in [-0.4, -0.2) is 43.2 Å². The van der Waals surface area contributed by atoms with E-state index in [1.165, 1.54) is 0 Å². The number of rotatable bonds is 9. The number of carbonyl (C=O) groups excluding carboxylic acids is 1. The molecule has 1 N–H and O–H groups in total. The fraction of sp³-hybridized carbons (Fsp3) is 0.632. The average Bonchev–Trinajstić information content (AvgIpc) is 3.38. The summed E-state index contributed by atoms with van der Waals surface area (Å²) in [4.78, 5) is 14.7. The van der Waals surface area contributed by atoms with Crippen molar-refractivity contribution in [1.82, 2.24) is 10.2 Å². The third kappa shape index (κ3) is 5.13. The first kappa shape index (κ1) is 18.6. The molecule has 0 radical (unpaired) electrons. The van der Waals surface area contributed by atoms with Gasteiger partial charge in [-0.2, -0.15) is 0 Å². The molecule has 1 aliphatic rings. The summed E-state index contributed by atoms with van der Waals surface area (Å²) < 4.78 is 10.8. The number of benzene rings is 1. The van der Waals surface area contributed by atoms with Crippen molar-refractivity contribution in [3.63, 3.8) is 0 Å². The summed E-state index contributed by atoms with van der Waals surface area (Å²) in [7, 11) is 3.33. The molecule has 1 aromatic rings. The second-order valence-electron chi connectivity index (χ2n) is 7.10. The van der Waals surface area contributed by atoms with Gasteiger partial charge in [-0.25, -0.2) is 0 Å². The van der Waals surface area contributed by atoms with Crippen molar-refractivity contribution in [3.05, 3.63) is 23.8 Å². The lowest BCUT2D eigenvalue weighted by molar-refractivity contribution is -0.124. The van der Waals surface area contributed by atoms with Crippen molar-refractivity contribution < 1.29 is 14.3 Å². The van der Waals surface area contributed by atoms with Crippen LogP contribution in [0.4, 0.5) is 0 Å². The highest BCUT2D eigenvalue weighted by molar-refractivity contribution is 5.78. The van der Waals surface area contributed by atoms with Crippen LogP contribution in [0.2, 0.25) is 0 Å². The molecule has 0 aliphatic heterocycles. The predicted molar refractivity (Wildman–Crippen MR) is 95.5 cm³/mol. The largest absolute Gasteiger partial charge is 0.497 e. The molecule has 134 valence electrons. The van der Waals surface area contributed by atoms with E-state index in [4.69, 9.17) is 9.47 Å². The average molecular weight is 334 g/mol. The maximum atomic E-state index is 12.4. The first-order valence-electron chi connectivity index (χ1n) is 8.64. The summed E-state index contributed by atoms with van der Waals surface area (Å²) >= 11 is 0. The van der Waals surface area contributed by atoms with Gasteiger partial charge in [0.2, 0.25) is 5.91 Å². The third-order valence-electron chi connectivity index (χ3n) is 4.63. The lowest BCUT2D eigenvalue weighted by Crippen LogP contribution is -2.47. The number of hydrogen-bond donors (Lipinski definition) is 1. The summed E-state index contributed by atoms with van der Waals surface area (Å²) in [6.07, 6.45) is 3.21. The molecule has 0 aromatic heterocycles. The van der Waals surface area contributed by atoms with Gasteiger partial charge in [0, 0.05) is 23.7 Å². The molecule has 0 heterocycles. The zero-order valence-electron chi connectivity index (χ0n) is 15.5. The standard InChI is InChI=1S/C19H30N2O3/c1-6-19(2,3)20-18(22)13-21(15-7-8-15)12-14-11-16(23-4)9-10-17(14)24-5/h9-11,15H,6-8,12-13H2,1-5H3,(H,20,22). The van der Waals surface area contributed by atoms with Gasteiger partial charge in [-0.15, -0.1) is 0 Å². The molecular weight excluding hydrogens is 304 g/mol. The quantitative estimate of drug-likeness (QED) is 0.754. The summed E-state index contributed by atoms with van der Waals surface area (Å²) in [5.74, 6) is 1.71. The van der Waals surface area contributed by atoms with Gasteiger partial charge in [0.15, 0.2) is 0 Å². The first-order chi connectivity index (χ1) is 11.4. The zero-order chi connectivity index (χ0) is 17.7. The normalized spacial score (nSPS) is 14.6. The Kier molecular flexibility index (Phi) is 6.10. The molecule has 2 rings (SSSR count). The van der Waals surface area contributed by atoms with Crippen molar-refractivity contribution >= 4 is 5.91 Å². The van der Waals surface area contributed by atoms with E-state index in [0.717, 1.165) is 36.3 Å². The lowest BCUT2D eigenvalue weighted by Gasteiger charge is -2.28. The number of nitrogens with zero attached hydrogens (tertiary/aromatic N) is 1. The van der Waals surface area contributed by atoms with E-state index in [1.54, 1.807) is 14.2 Å². The Hall–Kier alpha value is -1.75. The molecule has 1 fully saturated rings. The Bertz CT molecular complexity index is 568. The van der Waals surface area contributed by atoms with Crippen molar-refractivity contribution in [3.8, 4) is 11.5 Å². The predicted octanol–water partition coefficient (Wildman–Crippen LogP) is 2.97. The molecule has 0 spiro atoms. The molecule has 0 saturated heterocycles. The lowest BCUT2D eigenvalue weighted by atomic mass is 10.0. The van der Waals surface area contributed by atoms with Crippen molar-refractivity contribution in [2.45, 2.75) is 58.2 Å². The maximum absolute atomic E-state index is 12.4. The fourth-order valence-corrected chi connectivity index (χ4v) is 2.67. The molecule has 1 aliphatic carbocycles. The van der Waals surface area contributed by atoms with Crippen LogP contribution in [0.15, 0.2) is 18.2 Å². The van der Waals surface area contributed by atoms with Crippen LogP contribution in [0.3, 0.4) is 0 Å². The van der Waals surface area contributed by atoms with Gasteiger partial charge in [0.1, 0.15) is 11.5 Å². The van der Waals surface area contributed by atoms with Gasteiger partial charge in [0.25, 0.3) is 0 Å². The Morgan fingerprint density at radius 3 is 2.54 bits per heavy atom. The fourth-order valence-electron chi connectivity index (χ4n) is 2.67. The van der Waals surface area contributed by atoms with E-state index in [2.05, 4.69) is 31.0 Å². The monoisotopic (exact) mass is 334 g/mol. The van der Waals surface area contributed by atoms with Crippen LogP contribution in [-0.2, 0) is 11.3 Å². The summed E-state index contributed by atoms with van der Waals surface area (Å²) in [5.41, 5.74) is 0.881. The second-order valence-corrected chi connectivity index (χ2v) is 7.10. The van der Waals surface area contributed by atoms with Crippen LogP contribution in [0.25, 0.3) is 0 Å². The van der Waals surface area contributed by atoms with Gasteiger partial charge in [-0.3, -0.25) is 9.69 Å². The Morgan fingerprint density at radius 1 is 1.29 bits per heavy atom. The molecule has 5 nitrogen and oxygen atoms in total. The van der Waals surface area contributed by atoms with Crippen LogP contribution in [0, 0.1) is 0 Å². The van der Waals surface area contributed by atoms with E-state index in [9.17, 15) is 4.79 Å². The molecule has 1 aromatic carbocycles. The number of ether oxygens (including phenoxy) is 2. The van der Waals surface area contributed by atoms with E-state index >= 15 is 0 Å². The number of hydrogen-bond acceptors (Lipinski definition) is 4. The SMILES string of the molecule is CCC(C)(C)NC(=O)CN(Cc1cc(OC)ccc1OC)C1CC1. The second kappa shape index (κ2) is 7.88. The van der Waals surface area contributed by atoms with Crippen molar-refractivity contribution in [2.75, 3.05) is 20.8 Å². The number of amides is 1. The smallest absolute Gasteiger partial charge is 0.234 e. The number of carbonyl (C=O) groups is 1. The molecule has 1 saturated carbocycles. The van der Waals surface area contributed by atoms with Gasteiger partial charge in [0.05, 0.1) is 20.8 Å². The summed E-state index contributed by atoms with van der Waals surface area (Å²) in [5, 5.41) is 3.12. The Labute approximate surface area is 145 Å². The Morgan fingerprint density at radius 2 is 2.00 bits per heavy atom. The van der Waals surface area contributed by atoms with E-state index in [-0.39, 0.29) is 11.4 Å². The molecule has 1 amide bonds. The van der Waals surface area contributed by atoms with Crippen LogP contribution in [0.1, 0.15) is 45.6 Å². The molecule has 24 heavy (non-hydrogen) atoms. The minimum atomic E-state index is -0.167. The zero-order valence-corrected chi connectivity index (χ0v) is 15.5. The molecule has 0 unspecified atom stereocenters. The van der Waals surface area contributed by atoms with Gasteiger partial charge >= 0.3 is 0 Å². The van der Waals surface area contributed by atoms with Crippen molar-refractivity contribution in [1.29, 1.82) is 0 Å². The topological polar surface area (TPSA) is 50.8 Å². The van der Waals surface area contributed by atoms with Crippen LogP contribution in [0.5, 0.6) is 11.5 Å². The maximum Gasteiger partial charge on any atom is 0.234 e. The van der Waals surface area contributed by atoms with Gasteiger partial charge in [-0.05, 0) is 51.3 Å². The number of methoxy groups -OCH3 is 2. The first-order valence-corrected chi connectivity index (χ1v) is 8.64. The molecule has 5 heteroatoms. The van der Waals surface area contributed by atoms with Gasteiger partial charge in [-0.1, -0.05) is 6.92 Å². The summed E-state index contributed by atoms with van der Waals surface area (Å²) in [6.45, 7) is 7.29. The third-order valence-corrected chi connectivity index (χ3v) is 4.63. The van der Waals surface area contributed by atoms with E-state index in [0.29, 0.717) is 19.1 Å². The minimum absolute atomic E-state index is 0.0793. The van der Waals surface area contributed by atoms with Crippen LogP contribution < -0.4 is 14.8 Å². The minimum Gasteiger partial charge on any atom is -0.497 e. The highest BCUT2D eigenvalue weighted by Gasteiger charge is 2.31. The Balaban J connectivity index is 2.08. The van der Waals surface area contributed by atoms with Gasteiger partial charge < -0.3 is 14.8 Å². The molecular formula is C19H30N2O3. The number of nitrogens with one attached hydrogen (secondary N) is 1. The highest BCUT2D eigenvalue weighted by Crippen LogP contribution is 2.31. The summed E-state index contributed by atoms with van der Waals surface area (Å²) in [6, 6.07) is 6.28. The highest BCUT2D eigenvalue weighted by atomic mass is 16.5. The van der Waals surface area contributed by atoms with Crippen LogP contribution >= 0.6 is 0 Å². The molecule has 0 bridgehead atoms. The van der Waals surface area contributed by atoms with E-state index < -0.39 is 0 Å². The van der Waals surface area contributed by atoms with E-state index in [1.807, 2.05) is 18.2 Å².